The van der Waals surface area contributed by atoms with E-state index in [1.165, 1.54) is 33.9 Å². The van der Waals surface area contributed by atoms with Gasteiger partial charge in [0.15, 0.2) is 23.0 Å². The number of hydrogen-bond donors (Lipinski definition) is 0. The lowest BCUT2D eigenvalue weighted by molar-refractivity contribution is -0.144. The van der Waals surface area contributed by atoms with E-state index in [9.17, 15) is 14.0 Å². The molecule has 1 aromatic rings. The van der Waals surface area contributed by atoms with E-state index in [0.29, 0.717) is 5.57 Å². The molecule has 7 nitrogen and oxygen atoms in total. The largest absolute Gasteiger partial charge is 0.491 e. The molecule has 1 aliphatic rings. The molecule has 0 fully saturated rings. The SMILES string of the molecule is COC1=C(C)C(OC(C)=O)N(c2cc(C(C)(C)F)on2)C1=O. The van der Waals surface area contributed by atoms with Crippen LogP contribution < -0.4 is 4.90 Å². The molecule has 120 valence electrons. The lowest BCUT2D eigenvalue weighted by Gasteiger charge is -2.22. The molecule has 1 aliphatic heterocycles. The van der Waals surface area contributed by atoms with Gasteiger partial charge in [0.25, 0.3) is 5.91 Å². The molecule has 0 saturated carbocycles. The van der Waals surface area contributed by atoms with Crippen LogP contribution in [0.4, 0.5) is 10.2 Å². The predicted molar refractivity (Wildman–Crippen MR) is 73.4 cm³/mol. The summed E-state index contributed by atoms with van der Waals surface area (Å²) in [5, 5.41) is 3.69. The number of ether oxygens (including phenoxy) is 2. The van der Waals surface area contributed by atoms with Gasteiger partial charge in [-0.2, -0.15) is 0 Å². The molecule has 1 amide bonds. The number of aromatic nitrogens is 1. The zero-order valence-electron chi connectivity index (χ0n) is 13.0. The van der Waals surface area contributed by atoms with Gasteiger partial charge in [-0.05, 0) is 20.8 Å². The monoisotopic (exact) mass is 312 g/mol. The Balaban J connectivity index is 2.42. The maximum absolute atomic E-state index is 13.9. The van der Waals surface area contributed by atoms with E-state index in [1.807, 2.05) is 0 Å². The minimum Gasteiger partial charge on any atom is -0.491 e. The van der Waals surface area contributed by atoms with Gasteiger partial charge < -0.3 is 14.0 Å². The fraction of sp³-hybridized carbons (Fsp3) is 0.500. The van der Waals surface area contributed by atoms with Crippen molar-refractivity contribution in [3.05, 3.63) is 23.2 Å². The molecule has 1 aromatic heterocycles. The number of halogens is 1. The molecule has 0 bridgehead atoms. The second kappa shape index (κ2) is 5.43. The number of methoxy groups -OCH3 is 1. The van der Waals surface area contributed by atoms with Gasteiger partial charge in [0, 0.05) is 18.6 Å². The van der Waals surface area contributed by atoms with Gasteiger partial charge in [0.05, 0.1) is 7.11 Å². The fourth-order valence-corrected chi connectivity index (χ4v) is 2.12. The summed E-state index contributed by atoms with van der Waals surface area (Å²) in [5.41, 5.74) is -1.33. The normalized spacial score (nSPS) is 18.9. The number of rotatable bonds is 4. The van der Waals surface area contributed by atoms with E-state index in [1.54, 1.807) is 6.92 Å². The number of hydrogen-bond acceptors (Lipinski definition) is 6. The maximum Gasteiger partial charge on any atom is 0.304 e. The Hall–Kier alpha value is -2.38. The summed E-state index contributed by atoms with van der Waals surface area (Å²) in [7, 11) is 1.34. The van der Waals surface area contributed by atoms with Crippen LogP contribution in [0.15, 0.2) is 21.9 Å². The van der Waals surface area contributed by atoms with Crippen molar-refractivity contribution in [3.8, 4) is 0 Å². The van der Waals surface area contributed by atoms with Crippen molar-refractivity contribution in [2.45, 2.75) is 39.6 Å². The van der Waals surface area contributed by atoms with Gasteiger partial charge in [-0.3, -0.25) is 9.59 Å². The minimum atomic E-state index is -1.75. The number of esters is 1. The fourth-order valence-electron chi connectivity index (χ4n) is 2.12. The van der Waals surface area contributed by atoms with E-state index >= 15 is 0 Å². The highest BCUT2D eigenvalue weighted by molar-refractivity contribution is 6.08. The summed E-state index contributed by atoms with van der Waals surface area (Å²) in [5.74, 6) is -1.06. The number of carbonyl (C=O) groups is 2. The first-order valence-electron chi connectivity index (χ1n) is 6.58. The minimum absolute atomic E-state index is 0.0413. The van der Waals surface area contributed by atoms with E-state index < -0.39 is 23.8 Å². The lowest BCUT2D eigenvalue weighted by Crippen LogP contribution is -2.38. The zero-order chi connectivity index (χ0) is 16.7. The third-order valence-corrected chi connectivity index (χ3v) is 3.19. The second-order valence-electron chi connectivity index (χ2n) is 5.38. The number of carbonyl (C=O) groups excluding carboxylic acids is 2. The summed E-state index contributed by atoms with van der Waals surface area (Å²) in [6.45, 7) is 5.43. The molecule has 0 aromatic carbocycles. The van der Waals surface area contributed by atoms with Crippen LogP contribution in [0.25, 0.3) is 0 Å². The van der Waals surface area contributed by atoms with Gasteiger partial charge in [-0.25, -0.2) is 9.29 Å². The van der Waals surface area contributed by atoms with Crippen molar-refractivity contribution in [3.63, 3.8) is 0 Å². The average Bonchev–Trinajstić information content (AvgIpc) is 2.94. The highest BCUT2D eigenvalue weighted by Crippen LogP contribution is 2.34. The van der Waals surface area contributed by atoms with Crippen LogP contribution in [0.3, 0.4) is 0 Å². The third-order valence-electron chi connectivity index (χ3n) is 3.19. The summed E-state index contributed by atoms with van der Waals surface area (Å²) in [6.07, 6.45) is -0.999. The summed E-state index contributed by atoms with van der Waals surface area (Å²) >= 11 is 0. The summed E-state index contributed by atoms with van der Waals surface area (Å²) in [6, 6.07) is 1.29. The van der Waals surface area contributed by atoms with E-state index in [2.05, 4.69) is 5.16 Å². The Kier molecular flexibility index (Phi) is 3.95. The van der Waals surface area contributed by atoms with Crippen LogP contribution in [0.5, 0.6) is 0 Å². The molecule has 1 atom stereocenters. The van der Waals surface area contributed by atoms with Gasteiger partial charge in [0.2, 0.25) is 6.23 Å². The summed E-state index contributed by atoms with van der Waals surface area (Å²) < 4.78 is 29.0. The average molecular weight is 312 g/mol. The molecule has 0 saturated heterocycles. The smallest absolute Gasteiger partial charge is 0.304 e. The molecular weight excluding hydrogens is 295 g/mol. The lowest BCUT2D eigenvalue weighted by atomic mass is 10.1. The van der Waals surface area contributed by atoms with Crippen LogP contribution >= 0.6 is 0 Å². The van der Waals surface area contributed by atoms with Crippen molar-refractivity contribution in [2.24, 2.45) is 0 Å². The van der Waals surface area contributed by atoms with Crippen LogP contribution in [0.2, 0.25) is 0 Å². The van der Waals surface area contributed by atoms with Gasteiger partial charge in [-0.15, -0.1) is 0 Å². The maximum atomic E-state index is 13.9. The van der Waals surface area contributed by atoms with Crippen LogP contribution in [0.1, 0.15) is 33.5 Å². The molecule has 0 spiro atoms. The predicted octanol–water partition coefficient (Wildman–Crippen LogP) is 2.04. The Bertz CT molecular complexity index is 644. The Morgan fingerprint density at radius 3 is 2.59 bits per heavy atom. The molecule has 22 heavy (non-hydrogen) atoms. The molecule has 2 heterocycles. The van der Waals surface area contributed by atoms with Gasteiger partial charge >= 0.3 is 5.97 Å². The standard InChI is InChI=1S/C14H17FN2O5/c1-7-11(20-5)12(19)17(13(7)21-8(2)18)10-6-9(22-16-10)14(3,4)15/h6,13H,1-5H3. The molecular formula is C14H17FN2O5. The van der Waals surface area contributed by atoms with E-state index in [0.717, 1.165) is 4.90 Å². The van der Waals surface area contributed by atoms with Crippen LogP contribution in [-0.2, 0) is 24.7 Å². The first-order valence-corrected chi connectivity index (χ1v) is 6.58. The van der Waals surface area contributed by atoms with Gasteiger partial charge in [0.1, 0.15) is 0 Å². The number of anilines is 1. The summed E-state index contributed by atoms with van der Waals surface area (Å²) in [4.78, 5) is 24.7. The molecule has 8 heteroatoms. The van der Waals surface area contributed by atoms with Gasteiger partial charge in [-0.1, -0.05) is 5.16 Å². The number of alkyl halides is 1. The Morgan fingerprint density at radius 1 is 1.50 bits per heavy atom. The first-order chi connectivity index (χ1) is 10.2. The quantitative estimate of drug-likeness (QED) is 0.791. The molecule has 1 unspecified atom stereocenters. The topological polar surface area (TPSA) is 81.9 Å². The highest BCUT2D eigenvalue weighted by atomic mass is 19.1. The van der Waals surface area contributed by atoms with Crippen molar-refractivity contribution in [1.29, 1.82) is 0 Å². The van der Waals surface area contributed by atoms with E-state index in [-0.39, 0.29) is 17.3 Å². The van der Waals surface area contributed by atoms with Crippen molar-refractivity contribution >= 4 is 17.7 Å². The second-order valence-corrected chi connectivity index (χ2v) is 5.38. The molecule has 0 N–H and O–H groups in total. The number of amides is 1. The molecule has 0 radical (unpaired) electrons. The Morgan fingerprint density at radius 2 is 2.14 bits per heavy atom. The van der Waals surface area contributed by atoms with Crippen molar-refractivity contribution in [2.75, 3.05) is 12.0 Å². The first kappa shape index (κ1) is 16.0. The Labute approximate surface area is 126 Å². The van der Waals surface area contributed by atoms with Crippen LogP contribution in [0, 0.1) is 0 Å². The van der Waals surface area contributed by atoms with Crippen molar-refractivity contribution in [1.82, 2.24) is 5.16 Å². The molecule has 2 rings (SSSR count). The zero-order valence-corrected chi connectivity index (χ0v) is 13.0. The highest BCUT2D eigenvalue weighted by Gasteiger charge is 2.43. The van der Waals surface area contributed by atoms with E-state index in [4.69, 9.17) is 14.0 Å². The van der Waals surface area contributed by atoms with Crippen molar-refractivity contribution < 1.29 is 28.0 Å². The third kappa shape index (κ3) is 2.68. The van der Waals surface area contributed by atoms with Crippen LogP contribution in [-0.4, -0.2) is 30.4 Å². The number of nitrogens with zero attached hydrogens (tertiary/aromatic N) is 2. The molecule has 0 aliphatic carbocycles.